The number of carboxylic acid groups (broad SMARTS) is 1. The maximum absolute atomic E-state index is 12.0. The first-order valence-electron chi connectivity index (χ1n) is 7.18. The first-order valence-corrected chi connectivity index (χ1v) is 7.18. The normalized spacial score (nSPS) is 22.9. The van der Waals surface area contributed by atoms with Crippen LogP contribution in [-0.2, 0) is 23.9 Å². The van der Waals surface area contributed by atoms with Crippen LogP contribution in [0, 0.1) is 11.8 Å². The second kappa shape index (κ2) is 8.44. The van der Waals surface area contributed by atoms with Crippen molar-refractivity contribution >= 4 is 17.9 Å². The zero-order valence-corrected chi connectivity index (χ0v) is 12.2. The van der Waals surface area contributed by atoms with Crippen LogP contribution in [0.1, 0.15) is 39.0 Å². The monoisotopic (exact) mass is 298 g/mol. The number of hydrogen-bond donors (Lipinski definition) is 1. The van der Waals surface area contributed by atoms with Gasteiger partial charge in [-0.15, -0.1) is 0 Å². The van der Waals surface area contributed by atoms with Crippen molar-refractivity contribution in [2.75, 3.05) is 6.61 Å². The third-order valence-electron chi connectivity index (χ3n) is 3.64. The molecule has 3 unspecified atom stereocenters. The molecule has 1 N–H and O–H groups in total. The number of rotatable bonds is 7. The van der Waals surface area contributed by atoms with Crippen LogP contribution in [-0.4, -0.2) is 35.7 Å². The zero-order chi connectivity index (χ0) is 15.8. The van der Waals surface area contributed by atoms with E-state index in [2.05, 4.69) is 6.58 Å². The number of aliphatic carboxylic acids is 1. The predicted molar refractivity (Wildman–Crippen MR) is 74.4 cm³/mol. The lowest BCUT2D eigenvalue weighted by Gasteiger charge is -2.26. The van der Waals surface area contributed by atoms with Crippen LogP contribution >= 0.6 is 0 Å². The van der Waals surface area contributed by atoms with E-state index in [0.29, 0.717) is 19.3 Å². The average Bonchev–Trinajstić information content (AvgIpc) is 2.46. The highest BCUT2D eigenvalue weighted by molar-refractivity contribution is 5.81. The quantitative estimate of drug-likeness (QED) is 0.570. The first kappa shape index (κ1) is 17.2. The molecule has 0 spiro atoms. The van der Waals surface area contributed by atoms with Crippen LogP contribution in [0.25, 0.3) is 0 Å². The summed E-state index contributed by atoms with van der Waals surface area (Å²) < 4.78 is 10.1. The van der Waals surface area contributed by atoms with Gasteiger partial charge >= 0.3 is 17.9 Å². The van der Waals surface area contributed by atoms with E-state index in [1.165, 1.54) is 0 Å². The molecule has 0 radical (unpaired) electrons. The summed E-state index contributed by atoms with van der Waals surface area (Å²) in [5, 5.41) is 9.12. The Labute approximate surface area is 124 Å². The van der Waals surface area contributed by atoms with Crippen LogP contribution in [0.3, 0.4) is 0 Å². The zero-order valence-electron chi connectivity index (χ0n) is 12.2. The Balaban J connectivity index is 2.37. The van der Waals surface area contributed by atoms with Gasteiger partial charge in [0.15, 0.2) is 0 Å². The Morgan fingerprint density at radius 3 is 2.48 bits per heavy atom. The fraction of sp³-hybridized carbons (Fsp3) is 0.667. The molecule has 0 aromatic heterocycles. The Morgan fingerprint density at radius 1 is 1.29 bits per heavy atom. The molecule has 0 aliphatic heterocycles. The molecule has 1 fully saturated rings. The molecule has 1 rings (SSSR count). The Bertz CT molecular complexity index is 403. The van der Waals surface area contributed by atoms with E-state index in [1.807, 2.05) is 0 Å². The first-order chi connectivity index (χ1) is 9.95. The molecule has 1 aliphatic carbocycles. The highest BCUT2D eigenvalue weighted by Crippen LogP contribution is 2.31. The summed E-state index contributed by atoms with van der Waals surface area (Å²) in [6.07, 6.45) is 3.80. The smallest absolute Gasteiger partial charge is 0.330 e. The Kier molecular flexibility index (Phi) is 6.91. The standard InChI is InChI=1S/C15H22O6/c1-3-13(16)21-10(2)8-9-20-15(19)12-7-5-4-6-11(12)14(17)18/h3,10-12H,1,4-9H2,2H3,(H,17,18). The van der Waals surface area contributed by atoms with Gasteiger partial charge in [0, 0.05) is 12.5 Å². The van der Waals surface area contributed by atoms with Crippen LogP contribution in [0.4, 0.5) is 0 Å². The van der Waals surface area contributed by atoms with Crippen molar-refractivity contribution < 1.29 is 29.0 Å². The van der Waals surface area contributed by atoms with Gasteiger partial charge in [-0.2, -0.15) is 0 Å². The molecule has 0 amide bonds. The molecule has 0 bridgehead atoms. The molecule has 1 aliphatic rings. The van der Waals surface area contributed by atoms with E-state index in [4.69, 9.17) is 14.6 Å². The molecule has 118 valence electrons. The predicted octanol–water partition coefficient (Wildman–Crippen LogP) is 1.93. The van der Waals surface area contributed by atoms with E-state index in [0.717, 1.165) is 18.9 Å². The highest BCUT2D eigenvalue weighted by atomic mass is 16.6. The van der Waals surface area contributed by atoms with Crippen molar-refractivity contribution in [2.45, 2.75) is 45.1 Å². The molecular formula is C15H22O6. The molecule has 1 saturated carbocycles. The molecule has 0 saturated heterocycles. The number of carboxylic acids is 1. The Hall–Kier alpha value is -1.85. The number of ether oxygens (including phenoxy) is 2. The maximum Gasteiger partial charge on any atom is 0.330 e. The van der Waals surface area contributed by atoms with Gasteiger partial charge in [0.25, 0.3) is 0 Å². The average molecular weight is 298 g/mol. The SMILES string of the molecule is C=CC(=O)OC(C)CCOC(=O)C1CCCCC1C(=O)O. The number of carbonyl (C=O) groups excluding carboxylic acids is 2. The van der Waals surface area contributed by atoms with Crippen molar-refractivity contribution in [3.63, 3.8) is 0 Å². The summed E-state index contributed by atoms with van der Waals surface area (Å²) in [6, 6.07) is 0. The van der Waals surface area contributed by atoms with Crippen LogP contribution < -0.4 is 0 Å². The summed E-state index contributed by atoms with van der Waals surface area (Å²) in [7, 11) is 0. The number of hydrogen-bond acceptors (Lipinski definition) is 5. The van der Waals surface area contributed by atoms with E-state index in [1.54, 1.807) is 6.92 Å². The van der Waals surface area contributed by atoms with Crippen LogP contribution in [0.5, 0.6) is 0 Å². The van der Waals surface area contributed by atoms with Crippen molar-refractivity contribution in [3.05, 3.63) is 12.7 Å². The van der Waals surface area contributed by atoms with Crippen LogP contribution in [0.2, 0.25) is 0 Å². The molecule has 3 atom stereocenters. The number of esters is 2. The van der Waals surface area contributed by atoms with E-state index in [9.17, 15) is 14.4 Å². The highest BCUT2D eigenvalue weighted by Gasteiger charge is 2.36. The minimum Gasteiger partial charge on any atom is -0.481 e. The van der Waals surface area contributed by atoms with Crippen molar-refractivity contribution in [1.82, 2.24) is 0 Å². The van der Waals surface area contributed by atoms with Crippen molar-refractivity contribution in [3.8, 4) is 0 Å². The van der Waals surface area contributed by atoms with Gasteiger partial charge in [-0.3, -0.25) is 9.59 Å². The second-order valence-electron chi connectivity index (χ2n) is 5.24. The molecule has 0 aromatic rings. The molecule has 0 heterocycles. The molecular weight excluding hydrogens is 276 g/mol. The largest absolute Gasteiger partial charge is 0.481 e. The lowest BCUT2D eigenvalue weighted by molar-refractivity contribution is -0.160. The van der Waals surface area contributed by atoms with Gasteiger partial charge < -0.3 is 14.6 Å². The van der Waals surface area contributed by atoms with E-state index in [-0.39, 0.29) is 12.7 Å². The maximum atomic E-state index is 12.0. The van der Waals surface area contributed by atoms with E-state index >= 15 is 0 Å². The van der Waals surface area contributed by atoms with Gasteiger partial charge in [0.05, 0.1) is 18.4 Å². The molecule has 6 heteroatoms. The summed E-state index contributed by atoms with van der Waals surface area (Å²) in [5.41, 5.74) is 0. The minimum atomic E-state index is -0.940. The number of carbonyl (C=O) groups is 3. The van der Waals surface area contributed by atoms with Gasteiger partial charge in [-0.05, 0) is 19.8 Å². The summed E-state index contributed by atoms with van der Waals surface area (Å²) >= 11 is 0. The van der Waals surface area contributed by atoms with Crippen LogP contribution in [0.15, 0.2) is 12.7 Å². The topological polar surface area (TPSA) is 89.9 Å². The van der Waals surface area contributed by atoms with Gasteiger partial charge in [0.2, 0.25) is 0 Å². The second-order valence-corrected chi connectivity index (χ2v) is 5.24. The van der Waals surface area contributed by atoms with Gasteiger partial charge in [-0.1, -0.05) is 19.4 Å². The molecule has 6 nitrogen and oxygen atoms in total. The van der Waals surface area contributed by atoms with Crippen molar-refractivity contribution in [1.29, 1.82) is 0 Å². The molecule has 0 aromatic carbocycles. The summed E-state index contributed by atoms with van der Waals surface area (Å²) in [6.45, 7) is 5.09. The molecule has 21 heavy (non-hydrogen) atoms. The van der Waals surface area contributed by atoms with Gasteiger partial charge in [0.1, 0.15) is 6.10 Å². The fourth-order valence-electron chi connectivity index (χ4n) is 2.45. The van der Waals surface area contributed by atoms with Crippen molar-refractivity contribution in [2.24, 2.45) is 11.8 Å². The fourth-order valence-corrected chi connectivity index (χ4v) is 2.45. The van der Waals surface area contributed by atoms with E-state index < -0.39 is 29.7 Å². The lowest BCUT2D eigenvalue weighted by Crippen LogP contribution is -2.34. The Morgan fingerprint density at radius 2 is 1.90 bits per heavy atom. The third kappa shape index (κ3) is 5.57. The lowest BCUT2D eigenvalue weighted by atomic mass is 9.79. The third-order valence-corrected chi connectivity index (χ3v) is 3.64. The summed E-state index contributed by atoms with van der Waals surface area (Å²) in [5.74, 6) is -3.15. The minimum absolute atomic E-state index is 0.104. The van der Waals surface area contributed by atoms with Gasteiger partial charge in [-0.25, -0.2) is 4.79 Å². The summed E-state index contributed by atoms with van der Waals surface area (Å²) in [4.78, 5) is 34.1.